The smallest absolute Gasteiger partial charge is 0.217 e. The number of carbonyl (C=O) groups is 1. The number of rotatable bonds is 5. The first-order chi connectivity index (χ1) is 4.70. The van der Waals surface area contributed by atoms with Gasteiger partial charge in [-0.2, -0.15) is 0 Å². The maximum atomic E-state index is 10.2. The molecule has 0 aliphatic rings. The molecule has 0 aliphatic heterocycles. The first-order valence-electron chi connectivity index (χ1n) is 3.27. The van der Waals surface area contributed by atoms with Crippen LogP contribution in [0.1, 0.15) is 12.8 Å². The molecule has 0 aliphatic carbocycles. The minimum Gasteiger partial charge on any atom is -0.395 e. The molecule has 0 saturated carbocycles. The third-order valence-corrected chi connectivity index (χ3v) is 1.37. The van der Waals surface area contributed by atoms with Crippen LogP contribution >= 0.6 is 0 Å². The highest BCUT2D eigenvalue weighted by Crippen LogP contribution is 1.93. The van der Waals surface area contributed by atoms with E-state index in [1.165, 1.54) is 0 Å². The second-order valence-electron chi connectivity index (χ2n) is 2.17. The van der Waals surface area contributed by atoms with Crippen LogP contribution in [0.5, 0.6) is 0 Å². The minimum absolute atomic E-state index is 0.00694. The molecule has 0 fully saturated rings. The summed E-state index contributed by atoms with van der Waals surface area (Å²) in [5.41, 5.74) is 4.90. The van der Waals surface area contributed by atoms with Gasteiger partial charge in [0, 0.05) is 12.5 Å². The summed E-state index contributed by atoms with van der Waals surface area (Å²) in [5.74, 6) is -0.325. The van der Waals surface area contributed by atoms with E-state index < -0.39 is 0 Å². The molecule has 4 nitrogen and oxygen atoms in total. The Morgan fingerprint density at radius 1 is 1.80 bits per heavy atom. The first-order valence-corrected chi connectivity index (χ1v) is 3.27. The number of amides is 1. The molecular formula is C6H14N2O2. The van der Waals surface area contributed by atoms with Gasteiger partial charge in [0.15, 0.2) is 0 Å². The van der Waals surface area contributed by atoms with Gasteiger partial charge in [-0.25, -0.2) is 0 Å². The third kappa shape index (κ3) is 4.29. The topological polar surface area (TPSA) is 75.3 Å². The van der Waals surface area contributed by atoms with Crippen LogP contribution in [0, 0.1) is 0 Å². The molecule has 1 unspecified atom stereocenters. The zero-order valence-corrected chi connectivity index (χ0v) is 6.13. The van der Waals surface area contributed by atoms with Crippen LogP contribution in [0.4, 0.5) is 0 Å². The molecule has 0 bridgehead atoms. The van der Waals surface area contributed by atoms with Crippen molar-refractivity contribution >= 4 is 5.91 Å². The number of nitrogens with two attached hydrogens (primary N) is 1. The Labute approximate surface area is 60.4 Å². The normalized spacial score (nSPS) is 13.0. The van der Waals surface area contributed by atoms with E-state index in [1.807, 2.05) is 0 Å². The number of hydrogen-bond donors (Lipinski definition) is 3. The highest BCUT2D eigenvalue weighted by atomic mass is 16.3. The van der Waals surface area contributed by atoms with Crippen LogP contribution < -0.4 is 11.1 Å². The number of aliphatic hydroxyl groups excluding tert-OH is 1. The average Bonchev–Trinajstić information content (AvgIpc) is 1.90. The molecule has 0 saturated heterocycles. The molecule has 0 aromatic carbocycles. The summed E-state index contributed by atoms with van der Waals surface area (Å²) in [6, 6.07) is -0.00694. The van der Waals surface area contributed by atoms with Crippen molar-refractivity contribution in [3.63, 3.8) is 0 Å². The Morgan fingerprint density at radius 2 is 2.40 bits per heavy atom. The van der Waals surface area contributed by atoms with E-state index >= 15 is 0 Å². The highest BCUT2D eigenvalue weighted by Gasteiger charge is 2.04. The van der Waals surface area contributed by atoms with Gasteiger partial charge in [-0.3, -0.25) is 4.79 Å². The minimum atomic E-state index is -0.325. The predicted molar refractivity (Wildman–Crippen MR) is 38.4 cm³/mol. The van der Waals surface area contributed by atoms with E-state index in [0.29, 0.717) is 12.8 Å². The SMILES string of the molecule is CNC(CO)CCC(N)=O. The van der Waals surface area contributed by atoms with Gasteiger partial charge in [-0.1, -0.05) is 0 Å². The summed E-state index contributed by atoms with van der Waals surface area (Å²) >= 11 is 0. The molecule has 0 rings (SSSR count). The van der Waals surface area contributed by atoms with Gasteiger partial charge < -0.3 is 16.2 Å². The molecule has 0 heterocycles. The fraction of sp³-hybridized carbons (Fsp3) is 0.833. The Hall–Kier alpha value is -0.610. The van der Waals surface area contributed by atoms with Gasteiger partial charge in [-0.15, -0.1) is 0 Å². The molecule has 0 spiro atoms. The summed E-state index contributed by atoms with van der Waals surface area (Å²) in [4.78, 5) is 10.2. The standard InChI is InChI=1S/C6H14N2O2/c1-8-5(4-9)2-3-6(7)10/h5,8-9H,2-4H2,1H3,(H2,7,10). The lowest BCUT2D eigenvalue weighted by atomic mass is 10.1. The largest absolute Gasteiger partial charge is 0.395 e. The molecule has 1 amide bonds. The fourth-order valence-electron chi connectivity index (χ4n) is 0.643. The maximum absolute atomic E-state index is 10.2. The first kappa shape index (κ1) is 9.39. The summed E-state index contributed by atoms with van der Waals surface area (Å²) in [7, 11) is 1.74. The van der Waals surface area contributed by atoms with Crippen LogP contribution in [0.25, 0.3) is 0 Å². The van der Waals surface area contributed by atoms with Crippen LogP contribution in [0.3, 0.4) is 0 Å². The van der Waals surface area contributed by atoms with Crippen molar-refractivity contribution in [3.05, 3.63) is 0 Å². The fourth-order valence-corrected chi connectivity index (χ4v) is 0.643. The molecule has 0 aromatic rings. The van der Waals surface area contributed by atoms with Crippen molar-refractivity contribution in [3.8, 4) is 0 Å². The van der Waals surface area contributed by atoms with E-state index in [-0.39, 0.29) is 18.6 Å². The summed E-state index contributed by atoms with van der Waals surface area (Å²) in [6.45, 7) is 0.0454. The van der Waals surface area contributed by atoms with E-state index in [9.17, 15) is 4.79 Å². The lowest BCUT2D eigenvalue weighted by Gasteiger charge is -2.10. The van der Waals surface area contributed by atoms with Crippen LogP contribution in [0.2, 0.25) is 0 Å². The number of primary amides is 1. The van der Waals surface area contributed by atoms with Crippen molar-refractivity contribution in [2.75, 3.05) is 13.7 Å². The van der Waals surface area contributed by atoms with Gasteiger partial charge in [0.25, 0.3) is 0 Å². The van der Waals surface area contributed by atoms with Crippen LogP contribution in [0.15, 0.2) is 0 Å². The summed E-state index contributed by atoms with van der Waals surface area (Å²) in [6.07, 6.45) is 0.925. The van der Waals surface area contributed by atoms with Crippen molar-refractivity contribution in [1.82, 2.24) is 5.32 Å². The summed E-state index contributed by atoms with van der Waals surface area (Å²) < 4.78 is 0. The van der Waals surface area contributed by atoms with Crippen molar-refractivity contribution < 1.29 is 9.90 Å². The van der Waals surface area contributed by atoms with Gasteiger partial charge in [-0.05, 0) is 13.5 Å². The number of aliphatic hydroxyl groups is 1. The zero-order valence-electron chi connectivity index (χ0n) is 6.13. The zero-order chi connectivity index (χ0) is 7.98. The predicted octanol–water partition coefficient (Wildman–Crippen LogP) is -1.17. The van der Waals surface area contributed by atoms with E-state index in [4.69, 9.17) is 10.8 Å². The summed E-state index contributed by atoms with van der Waals surface area (Å²) in [5, 5.41) is 11.5. The highest BCUT2D eigenvalue weighted by molar-refractivity contribution is 5.73. The molecule has 0 aromatic heterocycles. The lowest BCUT2D eigenvalue weighted by Crippen LogP contribution is -2.30. The van der Waals surface area contributed by atoms with E-state index in [1.54, 1.807) is 7.05 Å². The van der Waals surface area contributed by atoms with Gasteiger partial charge in [0.1, 0.15) is 0 Å². The number of hydrogen-bond acceptors (Lipinski definition) is 3. The Kier molecular flexibility index (Phi) is 4.88. The second-order valence-corrected chi connectivity index (χ2v) is 2.17. The Balaban J connectivity index is 3.34. The van der Waals surface area contributed by atoms with Crippen molar-refractivity contribution in [2.24, 2.45) is 5.73 Å². The molecule has 60 valence electrons. The number of likely N-dealkylation sites (N-methyl/N-ethyl adjacent to an activating group) is 1. The Bertz CT molecular complexity index is 102. The van der Waals surface area contributed by atoms with E-state index in [0.717, 1.165) is 0 Å². The van der Waals surface area contributed by atoms with Gasteiger partial charge >= 0.3 is 0 Å². The third-order valence-electron chi connectivity index (χ3n) is 1.37. The van der Waals surface area contributed by atoms with Gasteiger partial charge in [0.2, 0.25) is 5.91 Å². The lowest BCUT2D eigenvalue weighted by molar-refractivity contribution is -0.118. The van der Waals surface area contributed by atoms with E-state index in [2.05, 4.69) is 5.32 Å². The molecule has 10 heavy (non-hydrogen) atoms. The van der Waals surface area contributed by atoms with Crippen LogP contribution in [-0.2, 0) is 4.79 Å². The molecule has 4 N–H and O–H groups in total. The monoisotopic (exact) mass is 146 g/mol. The molecule has 0 radical (unpaired) electrons. The number of nitrogens with one attached hydrogen (secondary N) is 1. The maximum Gasteiger partial charge on any atom is 0.217 e. The number of carbonyl (C=O) groups excluding carboxylic acids is 1. The Morgan fingerprint density at radius 3 is 2.70 bits per heavy atom. The van der Waals surface area contributed by atoms with Crippen molar-refractivity contribution in [2.45, 2.75) is 18.9 Å². The quantitative estimate of drug-likeness (QED) is 0.457. The van der Waals surface area contributed by atoms with Crippen molar-refractivity contribution in [1.29, 1.82) is 0 Å². The molecular weight excluding hydrogens is 132 g/mol. The van der Waals surface area contributed by atoms with Gasteiger partial charge in [0.05, 0.1) is 6.61 Å². The second kappa shape index (κ2) is 5.20. The molecule has 4 heteroatoms. The molecule has 1 atom stereocenters. The average molecular weight is 146 g/mol. The van der Waals surface area contributed by atoms with Crippen LogP contribution in [-0.4, -0.2) is 30.7 Å².